The predicted molar refractivity (Wildman–Crippen MR) is 267 cm³/mol. The topological polar surface area (TPSA) is 58.5 Å². The summed E-state index contributed by atoms with van der Waals surface area (Å²) in [6, 6.07) is 78.1. The van der Waals surface area contributed by atoms with Gasteiger partial charge in [0.25, 0.3) is 0 Å². The summed E-state index contributed by atoms with van der Waals surface area (Å²) in [4.78, 5) is 14.4. The van der Waals surface area contributed by atoms with Crippen molar-refractivity contribution in [2.45, 2.75) is 6.92 Å². The van der Waals surface area contributed by atoms with E-state index in [2.05, 4.69) is 223 Å². The van der Waals surface area contributed by atoms with Crippen molar-refractivity contribution in [3.63, 3.8) is 0 Å². The average Bonchev–Trinajstić information content (AvgIpc) is 4.00. The molecule has 0 aliphatic carbocycles. The second-order valence-corrected chi connectivity index (χ2v) is 16.3. The van der Waals surface area contributed by atoms with Crippen LogP contribution in [0.2, 0.25) is 0 Å². The maximum Gasteiger partial charge on any atom is 0.227 e. The van der Waals surface area contributed by atoms with Gasteiger partial charge in [0.2, 0.25) is 11.8 Å². The van der Waals surface area contributed by atoms with Crippen molar-refractivity contribution in [3.8, 4) is 34.0 Å². The van der Waals surface area contributed by atoms with Gasteiger partial charge in [0.1, 0.15) is 11.0 Å². The first-order valence-corrected chi connectivity index (χ1v) is 21.8. The molecular formula is C59H40N4O2. The molecule has 0 fully saturated rings. The van der Waals surface area contributed by atoms with Crippen molar-refractivity contribution in [3.05, 3.63) is 230 Å². The smallest absolute Gasteiger partial charge is 0.227 e. The van der Waals surface area contributed by atoms with Crippen LogP contribution in [0.25, 0.3) is 77.8 Å². The Balaban J connectivity index is 0.811. The summed E-state index contributed by atoms with van der Waals surface area (Å²) in [5.41, 5.74) is 14.6. The van der Waals surface area contributed by atoms with Crippen LogP contribution in [0.15, 0.2) is 233 Å². The van der Waals surface area contributed by atoms with Crippen molar-refractivity contribution in [1.29, 1.82) is 0 Å². The van der Waals surface area contributed by atoms with Crippen LogP contribution in [-0.4, -0.2) is 9.97 Å². The van der Waals surface area contributed by atoms with Gasteiger partial charge < -0.3 is 18.6 Å². The third kappa shape index (κ3) is 7.04. The SMILES string of the molecule is Cc1cccc(N(c2ccc3nc(-c4ccc(-c5ccc(-c6nc7ccc(N(c8ccccc8)c8cccc9ccccc89)cc7o6)cc5)cc4)oc3c2)c2cccc3ccccc23)c1. The summed E-state index contributed by atoms with van der Waals surface area (Å²) in [7, 11) is 0. The Morgan fingerprint density at radius 2 is 0.754 bits per heavy atom. The van der Waals surface area contributed by atoms with E-state index in [1.165, 1.54) is 27.1 Å². The number of nitrogens with zero attached hydrogens (tertiary/aromatic N) is 4. The Hall–Kier alpha value is -8.74. The van der Waals surface area contributed by atoms with Gasteiger partial charge in [-0.1, -0.05) is 127 Å². The molecule has 2 heterocycles. The van der Waals surface area contributed by atoms with Crippen LogP contribution in [0, 0.1) is 6.92 Å². The summed E-state index contributed by atoms with van der Waals surface area (Å²) >= 11 is 0. The summed E-state index contributed by atoms with van der Waals surface area (Å²) in [5, 5.41) is 4.72. The third-order valence-electron chi connectivity index (χ3n) is 12.1. The fourth-order valence-corrected chi connectivity index (χ4v) is 8.97. The quantitative estimate of drug-likeness (QED) is 0.144. The molecule has 0 spiro atoms. The van der Waals surface area contributed by atoms with E-state index in [9.17, 15) is 0 Å². The number of oxazole rings is 2. The van der Waals surface area contributed by atoms with Crippen LogP contribution in [0.4, 0.5) is 34.1 Å². The lowest BCUT2D eigenvalue weighted by molar-refractivity contribution is 0.619. The van der Waals surface area contributed by atoms with Crippen molar-refractivity contribution in [2.75, 3.05) is 9.80 Å². The second-order valence-electron chi connectivity index (χ2n) is 16.3. The molecule has 0 bridgehead atoms. The van der Waals surface area contributed by atoms with Gasteiger partial charge in [-0.2, -0.15) is 0 Å². The minimum Gasteiger partial charge on any atom is -0.436 e. The molecule has 0 amide bonds. The fraction of sp³-hybridized carbons (Fsp3) is 0.0169. The maximum absolute atomic E-state index is 6.49. The van der Waals surface area contributed by atoms with Crippen LogP contribution in [0.5, 0.6) is 0 Å². The lowest BCUT2D eigenvalue weighted by Gasteiger charge is -2.27. The first kappa shape index (κ1) is 38.0. The Morgan fingerprint density at radius 1 is 0.338 bits per heavy atom. The number of aromatic nitrogens is 2. The molecule has 0 N–H and O–H groups in total. The molecule has 0 radical (unpaired) electrons. The summed E-state index contributed by atoms with van der Waals surface area (Å²) in [6.07, 6.45) is 0. The molecule has 0 aliphatic rings. The van der Waals surface area contributed by atoms with Gasteiger partial charge in [0, 0.05) is 45.4 Å². The van der Waals surface area contributed by atoms with E-state index in [-0.39, 0.29) is 0 Å². The van der Waals surface area contributed by atoms with E-state index in [0.717, 1.165) is 78.6 Å². The highest BCUT2D eigenvalue weighted by molar-refractivity contribution is 6.01. The van der Waals surface area contributed by atoms with Gasteiger partial charge in [-0.25, -0.2) is 9.97 Å². The molecule has 6 heteroatoms. The van der Waals surface area contributed by atoms with Crippen molar-refractivity contribution < 1.29 is 8.83 Å². The van der Waals surface area contributed by atoms with Crippen molar-refractivity contribution in [2.24, 2.45) is 0 Å². The minimum absolute atomic E-state index is 0.578. The van der Waals surface area contributed by atoms with E-state index in [4.69, 9.17) is 18.8 Å². The van der Waals surface area contributed by atoms with Crippen LogP contribution in [-0.2, 0) is 0 Å². The van der Waals surface area contributed by atoms with Gasteiger partial charge in [-0.15, -0.1) is 0 Å². The second kappa shape index (κ2) is 15.9. The largest absolute Gasteiger partial charge is 0.436 e. The Labute approximate surface area is 375 Å². The normalized spacial score (nSPS) is 11.5. The van der Waals surface area contributed by atoms with E-state index in [1.807, 2.05) is 18.2 Å². The highest BCUT2D eigenvalue weighted by atomic mass is 16.4. The summed E-state index contributed by atoms with van der Waals surface area (Å²) < 4.78 is 13.0. The number of aryl methyl sites for hydroxylation is 1. The molecule has 6 nitrogen and oxygen atoms in total. The molecule has 0 unspecified atom stereocenters. The van der Waals surface area contributed by atoms with Crippen LogP contribution < -0.4 is 9.80 Å². The number of rotatable bonds is 9. The molecule has 0 saturated carbocycles. The van der Waals surface area contributed by atoms with Gasteiger partial charge in [0.05, 0.1) is 22.7 Å². The van der Waals surface area contributed by atoms with Crippen LogP contribution >= 0.6 is 0 Å². The Bertz CT molecular complexity index is 3680. The molecule has 12 aromatic rings. The lowest BCUT2D eigenvalue weighted by atomic mass is 10.0. The van der Waals surface area contributed by atoms with E-state index in [0.29, 0.717) is 11.8 Å². The zero-order valence-electron chi connectivity index (χ0n) is 35.5. The van der Waals surface area contributed by atoms with Crippen molar-refractivity contribution in [1.82, 2.24) is 9.97 Å². The monoisotopic (exact) mass is 836 g/mol. The molecule has 308 valence electrons. The fourth-order valence-electron chi connectivity index (χ4n) is 8.97. The number of anilines is 6. The number of benzene rings is 10. The summed E-state index contributed by atoms with van der Waals surface area (Å²) in [6.45, 7) is 2.12. The minimum atomic E-state index is 0.578. The molecule has 65 heavy (non-hydrogen) atoms. The Morgan fingerprint density at radius 3 is 1.28 bits per heavy atom. The maximum atomic E-state index is 6.49. The van der Waals surface area contributed by atoms with E-state index < -0.39 is 0 Å². The lowest BCUT2D eigenvalue weighted by Crippen LogP contribution is -2.10. The van der Waals surface area contributed by atoms with Crippen molar-refractivity contribution >= 4 is 77.9 Å². The molecule has 0 atom stereocenters. The molecular weight excluding hydrogens is 797 g/mol. The van der Waals surface area contributed by atoms with E-state index >= 15 is 0 Å². The predicted octanol–water partition coefficient (Wildman–Crippen LogP) is 16.5. The molecule has 2 aromatic heterocycles. The molecule has 0 aliphatic heterocycles. The average molecular weight is 837 g/mol. The highest BCUT2D eigenvalue weighted by Gasteiger charge is 2.20. The third-order valence-corrected chi connectivity index (χ3v) is 12.1. The molecule has 12 rings (SSSR count). The van der Waals surface area contributed by atoms with Gasteiger partial charge >= 0.3 is 0 Å². The Kier molecular flexibility index (Phi) is 9.27. The first-order valence-electron chi connectivity index (χ1n) is 21.8. The summed E-state index contributed by atoms with van der Waals surface area (Å²) in [5.74, 6) is 1.16. The van der Waals surface area contributed by atoms with Gasteiger partial charge in [-0.05, 0) is 119 Å². The number of fused-ring (bicyclic) bond motifs is 4. The zero-order chi connectivity index (χ0) is 43.3. The zero-order valence-corrected chi connectivity index (χ0v) is 35.5. The van der Waals surface area contributed by atoms with Gasteiger partial charge in [-0.3, -0.25) is 0 Å². The number of para-hydroxylation sites is 1. The first-order chi connectivity index (χ1) is 32.1. The number of hydrogen-bond donors (Lipinski definition) is 0. The highest BCUT2D eigenvalue weighted by Crippen LogP contribution is 2.42. The molecule has 0 saturated heterocycles. The standard InChI is InChI=1S/C59H40N4O2/c1-39-12-9-19-47(36-39)63(55-23-11-16-43-14-6-8-21-51(43)55)49-33-35-53-57(38-49)65-59(61-53)45-30-26-41(27-31-45)40-24-28-44(29-25-40)58-60-52-34-32-48(37-56(52)64-58)62(46-17-3-2-4-18-46)54-22-10-15-42-13-5-7-20-50(42)54/h2-38H,1H3. The van der Waals surface area contributed by atoms with E-state index in [1.54, 1.807) is 0 Å². The molecule has 10 aromatic carbocycles. The number of hydrogen-bond acceptors (Lipinski definition) is 6. The van der Waals surface area contributed by atoms with Crippen LogP contribution in [0.1, 0.15) is 5.56 Å². The van der Waals surface area contributed by atoms with Crippen LogP contribution in [0.3, 0.4) is 0 Å². The van der Waals surface area contributed by atoms with Gasteiger partial charge in [0.15, 0.2) is 11.2 Å².